The van der Waals surface area contributed by atoms with Gasteiger partial charge in [0.25, 0.3) is 0 Å². The van der Waals surface area contributed by atoms with Crippen molar-refractivity contribution in [2.75, 3.05) is 13.2 Å². The van der Waals surface area contributed by atoms with Crippen molar-refractivity contribution in [1.82, 2.24) is 20.1 Å². The molecule has 1 aliphatic heterocycles. The molecule has 1 atom stereocenters. The molecule has 0 aromatic carbocycles. The summed E-state index contributed by atoms with van der Waals surface area (Å²) in [4.78, 5) is 4.29. The molecule has 1 unspecified atom stereocenters. The van der Waals surface area contributed by atoms with Crippen LogP contribution in [0.15, 0.2) is 6.33 Å². The summed E-state index contributed by atoms with van der Waals surface area (Å²) in [5.74, 6) is 0.977. The van der Waals surface area contributed by atoms with Crippen molar-refractivity contribution >= 4 is 0 Å². The summed E-state index contributed by atoms with van der Waals surface area (Å²) in [6, 6.07) is 0. The molecule has 0 radical (unpaired) electrons. The minimum Gasteiger partial charge on any atom is -0.394 e. The first-order valence-electron chi connectivity index (χ1n) is 6.02. The highest BCUT2D eigenvalue weighted by Crippen LogP contribution is 2.22. The molecule has 5 heteroatoms. The Balaban J connectivity index is 2.09. The number of rotatable bonds is 5. The third-order valence-electron chi connectivity index (χ3n) is 3.26. The van der Waals surface area contributed by atoms with Crippen molar-refractivity contribution in [1.29, 1.82) is 0 Å². The lowest BCUT2D eigenvalue weighted by molar-refractivity contribution is 0.174. The molecule has 1 aromatic rings. The number of aliphatic hydroxyl groups excluding tert-OH is 1. The Morgan fingerprint density at radius 2 is 2.50 bits per heavy atom. The lowest BCUT2D eigenvalue weighted by Crippen LogP contribution is -2.46. The monoisotopic (exact) mass is 224 g/mol. The summed E-state index contributed by atoms with van der Waals surface area (Å²) in [6.07, 6.45) is 5.56. The Morgan fingerprint density at radius 3 is 3.12 bits per heavy atom. The normalized spacial score (nSPS) is 25.1. The van der Waals surface area contributed by atoms with E-state index in [1.165, 1.54) is 0 Å². The van der Waals surface area contributed by atoms with Gasteiger partial charge in [-0.3, -0.25) is 4.68 Å². The number of aryl methyl sites for hydroxylation is 1. The number of nitrogens with one attached hydrogen (secondary N) is 1. The molecule has 0 spiro atoms. The second kappa shape index (κ2) is 4.93. The van der Waals surface area contributed by atoms with Crippen LogP contribution < -0.4 is 5.32 Å². The third kappa shape index (κ3) is 2.25. The summed E-state index contributed by atoms with van der Waals surface area (Å²) in [6.45, 7) is 4.19. The summed E-state index contributed by atoms with van der Waals surface area (Å²) in [5, 5.41) is 17.1. The minimum atomic E-state index is -0.168. The largest absolute Gasteiger partial charge is 0.394 e. The van der Waals surface area contributed by atoms with E-state index in [0.717, 1.165) is 44.6 Å². The smallest absolute Gasteiger partial charge is 0.138 e. The molecule has 0 aliphatic carbocycles. The van der Waals surface area contributed by atoms with Crippen LogP contribution in [0.2, 0.25) is 0 Å². The van der Waals surface area contributed by atoms with Gasteiger partial charge in [0.15, 0.2) is 0 Å². The quantitative estimate of drug-likeness (QED) is 0.757. The Morgan fingerprint density at radius 1 is 1.62 bits per heavy atom. The molecule has 5 nitrogen and oxygen atoms in total. The van der Waals surface area contributed by atoms with Gasteiger partial charge in [-0.05, 0) is 25.8 Å². The lowest BCUT2D eigenvalue weighted by atomic mass is 9.94. The van der Waals surface area contributed by atoms with E-state index in [2.05, 4.69) is 22.3 Å². The van der Waals surface area contributed by atoms with Crippen LogP contribution in [-0.4, -0.2) is 38.6 Å². The van der Waals surface area contributed by atoms with Gasteiger partial charge in [-0.15, -0.1) is 0 Å². The Labute approximate surface area is 95.9 Å². The van der Waals surface area contributed by atoms with E-state index < -0.39 is 0 Å². The number of aliphatic hydroxyl groups is 1. The molecule has 2 rings (SSSR count). The fourth-order valence-electron chi connectivity index (χ4n) is 2.34. The minimum absolute atomic E-state index is 0.168. The van der Waals surface area contributed by atoms with Gasteiger partial charge in [-0.25, -0.2) is 4.98 Å². The van der Waals surface area contributed by atoms with Gasteiger partial charge >= 0.3 is 0 Å². The number of hydrogen-bond acceptors (Lipinski definition) is 4. The summed E-state index contributed by atoms with van der Waals surface area (Å²) < 4.78 is 1.94. The van der Waals surface area contributed by atoms with Gasteiger partial charge in [0.2, 0.25) is 0 Å². The summed E-state index contributed by atoms with van der Waals surface area (Å²) >= 11 is 0. The van der Waals surface area contributed by atoms with Gasteiger partial charge in [0, 0.05) is 18.5 Å². The van der Waals surface area contributed by atoms with Crippen LogP contribution in [0.1, 0.15) is 32.0 Å². The first-order valence-corrected chi connectivity index (χ1v) is 6.02. The topological polar surface area (TPSA) is 63.0 Å². The highest BCUT2D eigenvalue weighted by Gasteiger charge is 2.34. The first-order chi connectivity index (χ1) is 7.79. The van der Waals surface area contributed by atoms with Crippen LogP contribution in [0.4, 0.5) is 0 Å². The van der Waals surface area contributed by atoms with Crippen molar-refractivity contribution in [3.05, 3.63) is 12.2 Å². The van der Waals surface area contributed by atoms with Gasteiger partial charge in [0.1, 0.15) is 12.2 Å². The molecule has 0 saturated carbocycles. The first kappa shape index (κ1) is 11.5. The second-order valence-corrected chi connectivity index (χ2v) is 4.54. The molecular formula is C11H20N4O. The predicted molar refractivity (Wildman–Crippen MR) is 61.1 cm³/mol. The molecule has 2 N–H and O–H groups in total. The fourth-order valence-corrected chi connectivity index (χ4v) is 2.34. The van der Waals surface area contributed by atoms with Crippen molar-refractivity contribution in [3.63, 3.8) is 0 Å². The van der Waals surface area contributed by atoms with Crippen LogP contribution in [0.5, 0.6) is 0 Å². The summed E-state index contributed by atoms with van der Waals surface area (Å²) in [5.41, 5.74) is -0.168. The predicted octanol–water partition coefficient (Wildman–Crippen LogP) is 0.345. The summed E-state index contributed by atoms with van der Waals surface area (Å²) in [7, 11) is 0. The standard InChI is InChI=1S/C11H20N4O/c1-2-6-15-10(12-9-14-15)7-11(8-16)4-3-5-13-11/h9,13,16H,2-8H2,1H3. The molecule has 1 aromatic heterocycles. The van der Waals surface area contributed by atoms with Crippen LogP contribution >= 0.6 is 0 Å². The van der Waals surface area contributed by atoms with E-state index in [1.807, 2.05) is 4.68 Å². The van der Waals surface area contributed by atoms with Crippen LogP contribution in [0.3, 0.4) is 0 Å². The molecule has 1 saturated heterocycles. The van der Waals surface area contributed by atoms with Crippen LogP contribution in [0, 0.1) is 0 Å². The fraction of sp³-hybridized carbons (Fsp3) is 0.818. The second-order valence-electron chi connectivity index (χ2n) is 4.54. The SMILES string of the molecule is CCCn1ncnc1CC1(CO)CCCN1. The molecule has 16 heavy (non-hydrogen) atoms. The van der Waals surface area contributed by atoms with E-state index >= 15 is 0 Å². The average Bonchev–Trinajstić information content (AvgIpc) is 2.91. The molecule has 2 heterocycles. The van der Waals surface area contributed by atoms with Crippen molar-refractivity contribution in [2.24, 2.45) is 0 Å². The number of aromatic nitrogens is 3. The average molecular weight is 224 g/mol. The zero-order valence-electron chi connectivity index (χ0n) is 9.82. The van der Waals surface area contributed by atoms with Crippen molar-refractivity contribution < 1.29 is 5.11 Å². The Bertz CT molecular complexity index is 330. The van der Waals surface area contributed by atoms with Crippen molar-refractivity contribution in [2.45, 2.75) is 44.7 Å². The third-order valence-corrected chi connectivity index (χ3v) is 3.26. The highest BCUT2D eigenvalue weighted by molar-refractivity contribution is 5.02. The van der Waals surface area contributed by atoms with Crippen molar-refractivity contribution in [3.8, 4) is 0 Å². The molecular weight excluding hydrogens is 204 g/mol. The molecule has 90 valence electrons. The zero-order valence-corrected chi connectivity index (χ0v) is 9.82. The van der Waals surface area contributed by atoms with E-state index in [-0.39, 0.29) is 12.1 Å². The van der Waals surface area contributed by atoms with Gasteiger partial charge in [0.05, 0.1) is 6.61 Å². The Hall–Kier alpha value is -0.940. The van der Waals surface area contributed by atoms with E-state index in [4.69, 9.17) is 0 Å². The van der Waals surface area contributed by atoms with Gasteiger partial charge < -0.3 is 10.4 Å². The molecule has 0 amide bonds. The maximum Gasteiger partial charge on any atom is 0.138 e. The highest BCUT2D eigenvalue weighted by atomic mass is 16.3. The zero-order chi connectivity index (χ0) is 11.4. The van der Waals surface area contributed by atoms with E-state index in [0.29, 0.717) is 0 Å². The number of hydrogen-bond donors (Lipinski definition) is 2. The van der Waals surface area contributed by atoms with E-state index in [1.54, 1.807) is 6.33 Å². The van der Waals surface area contributed by atoms with Crippen LogP contribution in [0.25, 0.3) is 0 Å². The van der Waals surface area contributed by atoms with Crippen LogP contribution in [-0.2, 0) is 13.0 Å². The number of nitrogens with zero attached hydrogens (tertiary/aromatic N) is 3. The molecule has 0 bridgehead atoms. The maximum atomic E-state index is 9.52. The maximum absolute atomic E-state index is 9.52. The lowest BCUT2D eigenvalue weighted by Gasteiger charge is -2.26. The molecule has 1 fully saturated rings. The Kier molecular flexibility index (Phi) is 3.56. The van der Waals surface area contributed by atoms with Gasteiger partial charge in [-0.1, -0.05) is 6.92 Å². The van der Waals surface area contributed by atoms with E-state index in [9.17, 15) is 5.11 Å². The molecule has 1 aliphatic rings. The van der Waals surface area contributed by atoms with Gasteiger partial charge in [-0.2, -0.15) is 5.10 Å².